The highest BCUT2D eigenvalue weighted by Crippen LogP contribution is 2.30. The number of methoxy groups -OCH3 is 1. The molecule has 0 radical (unpaired) electrons. The van der Waals surface area contributed by atoms with Crippen molar-refractivity contribution in [2.24, 2.45) is 5.10 Å². The molecule has 1 atom stereocenters. The number of rotatable bonds is 5. The SMILES string of the molecule is COc1ccc([C@@]2(C)NC(=O)N(/N=C\C=C\c3ccccc3)C2=O)cc1. The number of allylic oxidation sites excluding steroid dienone is 1. The van der Waals surface area contributed by atoms with Gasteiger partial charge >= 0.3 is 6.03 Å². The molecule has 0 bridgehead atoms. The average molecular weight is 349 g/mol. The van der Waals surface area contributed by atoms with E-state index in [0.717, 1.165) is 10.6 Å². The summed E-state index contributed by atoms with van der Waals surface area (Å²) in [6.07, 6.45) is 4.94. The molecule has 1 aliphatic rings. The predicted octanol–water partition coefficient (Wildman–Crippen LogP) is 3.16. The van der Waals surface area contributed by atoms with Gasteiger partial charge < -0.3 is 10.1 Å². The van der Waals surface area contributed by atoms with Gasteiger partial charge in [0.15, 0.2) is 0 Å². The lowest BCUT2D eigenvalue weighted by molar-refractivity contribution is -0.131. The minimum absolute atomic E-state index is 0.433. The highest BCUT2D eigenvalue weighted by Gasteiger charge is 2.49. The summed E-state index contributed by atoms with van der Waals surface area (Å²) in [7, 11) is 1.57. The zero-order chi connectivity index (χ0) is 18.6. The molecule has 1 fully saturated rings. The fourth-order valence-electron chi connectivity index (χ4n) is 2.67. The van der Waals surface area contributed by atoms with Gasteiger partial charge in [-0.25, -0.2) is 4.79 Å². The van der Waals surface area contributed by atoms with E-state index in [4.69, 9.17) is 4.74 Å². The van der Waals surface area contributed by atoms with Gasteiger partial charge in [0.05, 0.1) is 7.11 Å². The van der Waals surface area contributed by atoms with Gasteiger partial charge in [-0.05, 0) is 36.3 Å². The summed E-state index contributed by atoms with van der Waals surface area (Å²) in [5.41, 5.74) is 0.498. The van der Waals surface area contributed by atoms with Crippen LogP contribution in [0.3, 0.4) is 0 Å². The Kier molecular flexibility index (Phi) is 4.84. The lowest BCUT2D eigenvalue weighted by Gasteiger charge is -2.21. The van der Waals surface area contributed by atoms with E-state index in [9.17, 15) is 9.59 Å². The molecular weight excluding hydrogens is 330 g/mol. The second-order valence-corrected chi connectivity index (χ2v) is 5.93. The maximum atomic E-state index is 12.7. The highest BCUT2D eigenvalue weighted by molar-refractivity contribution is 6.07. The highest BCUT2D eigenvalue weighted by atomic mass is 16.5. The topological polar surface area (TPSA) is 71.0 Å². The Hall–Kier alpha value is -3.41. The molecular formula is C20H19N3O3. The second kappa shape index (κ2) is 7.23. The van der Waals surface area contributed by atoms with Crippen LogP contribution >= 0.6 is 0 Å². The summed E-state index contributed by atoms with van der Waals surface area (Å²) in [4.78, 5) is 24.9. The largest absolute Gasteiger partial charge is 0.497 e. The molecule has 2 aromatic rings. The van der Waals surface area contributed by atoms with Crippen LogP contribution in [0.2, 0.25) is 0 Å². The number of benzene rings is 2. The van der Waals surface area contributed by atoms with E-state index in [0.29, 0.717) is 11.3 Å². The lowest BCUT2D eigenvalue weighted by Crippen LogP contribution is -2.40. The van der Waals surface area contributed by atoms with Crippen molar-refractivity contribution >= 4 is 24.2 Å². The fraction of sp³-hybridized carbons (Fsp3) is 0.150. The first-order chi connectivity index (χ1) is 12.5. The third kappa shape index (κ3) is 3.35. The number of carbonyl (C=O) groups excluding carboxylic acids is 2. The van der Waals surface area contributed by atoms with Gasteiger partial charge in [-0.3, -0.25) is 4.79 Å². The van der Waals surface area contributed by atoms with E-state index in [2.05, 4.69) is 10.4 Å². The summed E-state index contributed by atoms with van der Waals surface area (Å²) in [5.74, 6) is 0.243. The molecule has 0 aliphatic carbocycles. The van der Waals surface area contributed by atoms with Crippen LogP contribution in [0.4, 0.5) is 4.79 Å². The summed E-state index contributed by atoms with van der Waals surface area (Å²) >= 11 is 0. The molecule has 0 spiro atoms. The van der Waals surface area contributed by atoms with Crippen LogP contribution in [-0.2, 0) is 10.3 Å². The minimum Gasteiger partial charge on any atom is -0.497 e. The molecule has 3 amide bonds. The van der Waals surface area contributed by atoms with Crippen molar-refractivity contribution in [3.8, 4) is 5.75 Å². The predicted molar refractivity (Wildman–Crippen MR) is 99.7 cm³/mol. The summed E-state index contributed by atoms with van der Waals surface area (Å²) < 4.78 is 5.12. The molecule has 1 saturated heterocycles. The Morgan fingerprint density at radius 2 is 1.77 bits per heavy atom. The zero-order valence-electron chi connectivity index (χ0n) is 14.5. The fourth-order valence-corrected chi connectivity index (χ4v) is 2.67. The maximum Gasteiger partial charge on any atom is 0.346 e. The molecule has 1 aliphatic heterocycles. The monoisotopic (exact) mass is 349 g/mol. The van der Waals surface area contributed by atoms with E-state index in [1.807, 2.05) is 36.4 Å². The van der Waals surface area contributed by atoms with Crippen molar-refractivity contribution < 1.29 is 14.3 Å². The van der Waals surface area contributed by atoms with E-state index >= 15 is 0 Å². The van der Waals surface area contributed by atoms with Crippen LogP contribution in [0.25, 0.3) is 6.08 Å². The van der Waals surface area contributed by atoms with Crippen molar-refractivity contribution in [2.45, 2.75) is 12.5 Å². The van der Waals surface area contributed by atoms with Crippen LogP contribution in [0.5, 0.6) is 5.75 Å². The Morgan fingerprint density at radius 1 is 1.08 bits per heavy atom. The molecule has 6 heteroatoms. The number of ether oxygens (including phenoxy) is 1. The molecule has 0 aromatic heterocycles. The van der Waals surface area contributed by atoms with Gasteiger partial charge in [0, 0.05) is 6.21 Å². The summed E-state index contributed by atoms with van der Waals surface area (Å²) in [5, 5.41) is 7.54. The van der Waals surface area contributed by atoms with Crippen LogP contribution in [0.1, 0.15) is 18.1 Å². The van der Waals surface area contributed by atoms with Gasteiger partial charge in [-0.2, -0.15) is 5.10 Å². The van der Waals surface area contributed by atoms with Gasteiger partial charge in [-0.15, -0.1) is 5.01 Å². The normalized spacial score (nSPS) is 20.2. The van der Waals surface area contributed by atoms with E-state index in [-0.39, 0.29) is 0 Å². The number of amides is 3. The maximum absolute atomic E-state index is 12.7. The van der Waals surface area contributed by atoms with Crippen molar-refractivity contribution in [3.05, 3.63) is 71.8 Å². The number of carbonyl (C=O) groups is 2. The average Bonchev–Trinajstić information content (AvgIpc) is 2.89. The van der Waals surface area contributed by atoms with Crippen molar-refractivity contribution in [3.63, 3.8) is 0 Å². The number of urea groups is 1. The third-order valence-electron chi connectivity index (χ3n) is 4.19. The van der Waals surface area contributed by atoms with Crippen LogP contribution in [0, 0.1) is 0 Å². The quantitative estimate of drug-likeness (QED) is 0.666. The molecule has 1 N–H and O–H groups in total. The van der Waals surface area contributed by atoms with Crippen LogP contribution < -0.4 is 10.1 Å². The van der Waals surface area contributed by atoms with E-state index in [1.165, 1.54) is 6.21 Å². The van der Waals surface area contributed by atoms with E-state index in [1.54, 1.807) is 44.4 Å². The summed E-state index contributed by atoms with van der Waals surface area (Å²) in [6, 6.07) is 16.1. The number of imide groups is 1. The van der Waals surface area contributed by atoms with Gasteiger partial charge in [-0.1, -0.05) is 48.5 Å². The Bertz CT molecular complexity index is 860. The van der Waals surface area contributed by atoms with Crippen molar-refractivity contribution in [1.82, 2.24) is 10.3 Å². The Morgan fingerprint density at radius 3 is 2.42 bits per heavy atom. The number of hydrogen-bond donors (Lipinski definition) is 1. The molecule has 3 rings (SSSR count). The summed E-state index contributed by atoms with van der Waals surface area (Å²) in [6.45, 7) is 1.66. The van der Waals surface area contributed by atoms with E-state index < -0.39 is 17.5 Å². The number of nitrogens with one attached hydrogen (secondary N) is 1. The minimum atomic E-state index is -1.16. The zero-order valence-corrected chi connectivity index (χ0v) is 14.5. The molecule has 132 valence electrons. The lowest BCUT2D eigenvalue weighted by atomic mass is 9.92. The molecule has 0 unspecified atom stereocenters. The molecule has 0 saturated carbocycles. The Labute approximate surface area is 151 Å². The first-order valence-electron chi connectivity index (χ1n) is 8.11. The van der Waals surface area contributed by atoms with Gasteiger partial charge in [0.1, 0.15) is 11.3 Å². The van der Waals surface area contributed by atoms with Crippen molar-refractivity contribution in [1.29, 1.82) is 0 Å². The molecule has 2 aromatic carbocycles. The van der Waals surface area contributed by atoms with Crippen LogP contribution in [-0.4, -0.2) is 30.3 Å². The van der Waals surface area contributed by atoms with Crippen LogP contribution in [0.15, 0.2) is 65.8 Å². The van der Waals surface area contributed by atoms with Gasteiger partial charge in [0.2, 0.25) is 0 Å². The molecule has 1 heterocycles. The molecule has 26 heavy (non-hydrogen) atoms. The first-order valence-corrected chi connectivity index (χ1v) is 8.11. The third-order valence-corrected chi connectivity index (χ3v) is 4.19. The van der Waals surface area contributed by atoms with Gasteiger partial charge in [0.25, 0.3) is 5.91 Å². The standard InChI is InChI=1S/C20H19N3O3/c1-20(16-10-12-17(26-2)13-11-16)18(24)23(19(25)22-20)21-14-6-9-15-7-4-3-5-8-15/h3-14H,1-2H3,(H,22,25)/b9-6+,21-14-/t20-/m1/s1. The Balaban J connectivity index is 1.75. The first kappa shape index (κ1) is 17.4. The number of hydrazone groups is 1. The number of nitrogens with zero attached hydrogens (tertiary/aromatic N) is 2. The second-order valence-electron chi connectivity index (χ2n) is 5.93. The smallest absolute Gasteiger partial charge is 0.346 e. The molecule has 6 nitrogen and oxygen atoms in total. The van der Waals surface area contributed by atoms with Crippen molar-refractivity contribution in [2.75, 3.05) is 7.11 Å². The number of hydrogen-bond acceptors (Lipinski definition) is 4.